The Morgan fingerprint density at radius 1 is 0.897 bits per heavy atom. The molecule has 0 aliphatic heterocycles. The zero-order chi connectivity index (χ0) is 20.1. The molecule has 1 heterocycles. The number of amides is 3. The first-order valence-electron chi connectivity index (χ1n) is 7.88. The first-order valence-corrected chi connectivity index (χ1v) is 9.83. The molecule has 1 aromatic heterocycles. The van der Waals surface area contributed by atoms with Gasteiger partial charge in [-0.2, -0.15) is 0 Å². The van der Waals surface area contributed by atoms with Gasteiger partial charge < -0.3 is 5.32 Å². The molecule has 0 fully saturated rings. The molecule has 2 N–H and O–H groups in total. The lowest BCUT2D eigenvalue weighted by atomic mass is 10.2. The Balaban J connectivity index is 0.00000300. The van der Waals surface area contributed by atoms with Crippen molar-refractivity contribution in [3.05, 3.63) is 81.4 Å². The summed E-state index contributed by atoms with van der Waals surface area (Å²) < 4.78 is 0. The number of hydrogen-bond acceptors (Lipinski definition) is 4. The van der Waals surface area contributed by atoms with Crippen LogP contribution in [0.5, 0.6) is 0 Å². The number of nitrogens with one attached hydrogen (secondary N) is 2. The van der Waals surface area contributed by atoms with Gasteiger partial charge in [0.1, 0.15) is 5.03 Å². The van der Waals surface area contributed by atoms with E-state index in [4.69, 9.17) is 34.8 Å². The van der Waals surface area contributed by atoms with Gasteiger partial charge in [0.15, 0.2) is 0 Å². The largest absolute Gasteiger partial charge is 0.326 e. The highest BCUT2D eigenvalue weighted by Gasteiger charge is 2.17. The second-order valence-corrected chi connectivity index (χ2v) is 7.79. The normalized spacial score (nSPS) is 10.0. The maximum absolute atomic E-state index is 12.2. The molecule has 0 radical (unpaired) electrons. The molecule has 150 valence electrons. The predicted octanol–water partition coefficient (Wildman–Crippen LogP) is 6.58. The van der Waals surface area contributed by atoms with Gasteiger partial charge in [0.2, 0.25) is 0 Å². The van der Waals surface area contributed by atoms with E-state index in [2.05, 4.69) is 15.6 Å². The lowest BCUT2D eigenvalue weighted by molar-refractivity contribution is 0.0967. The molecule has 29 heavy (non-hydrogen) atoms. The van der Waals surface area contributed by atoms with E-state index in [0.29, 0.717) is 10.7 Å². The molecule has 0 atom stereocenters. The number of benzene rings is 2. The van der Waals surface area contributed by atoms with Gasteiger partial charge in [0.05, 0.1) is 27.5 Å². The van der Waals surface area contributed by atoms with Crippen LogP contribution in [0.2, 0.25) is 15.1 Å². The Kier molecular flexibility index (Phi) is 8.61. The van der Waals surface area contributed by atoms with E-state index in [-0.39, 0.29) is 28.0 Å². The van der Waals surface area contributed by atoms with Gasteiger partial charge in [-0.25, -0.2) is 9.78 Å². The lowest BCUT2D eigenvalue weighted by Gasteiger charge is -2.09. The van der Waals surface area contributed by atoms with Gasteiger partial charge in [-0.1, -0.05) is 52.6 Å². The number of pyridine rings is 1. The summed E-state index contributed by atoms with van der Waals surface area (Å²) in [5, 5.41) is 6.43. The van der Waals surface area contributed by atoms with Crippen molar-refractivity contribution in [2.24, 2.45) is 0 Å². The molecule has 0 saturated carbocycles. The average Bonchev–Trinajstić information content (AvgIpc) is 2.65. The molecule has 2 aromatic carbocycles. The van der Waals surface area contributed by atoms with E-state index in [0.717, 1.165) is 9.92 Å². The van der Waals surface area contributed by atoms with Crippen molar-refractivity contribution in [1.29, 1.82) is 0 Å². The maximum atomic E-state index is 12.2. The van der Waals surface area contributed by atoms with Crippen LogP contribution in [0.1, 0.15) is 10.4 Å². The summed E-state index contributed by atoms with van der Waals surface area (Å²) in [7, 11) is 0. The molecular weight excluding hydrogens is 476 g/mol. The van der Waals surface area contributed by atoms with Crippen molar-refractivity contribution in [2.45, 2.75) is 9.92 Å². The zero-order valence-corrected chi connectivity index (χ0v) is 18.4. The van der Waals surface area contributed by atoms with E-state index >= 15 is 0 Å². The Morgan fingerprint density at radius 2 is 1.55 bits per heavy atom. The average molecular weight is 489 g/mol. The molecule has 0 spiro atoms. The third-order valence-electron chi connectivity index (χ3n) is 3.45. The molecule has 0 bridgehead atoms. The predicted molar refractivity (Wildman–Crippen MR) is 120 cm³/mol. The standard InChI is InChI=1S/C19H12Cl3N3O2S.ClH/c20-11-4-7-13(8-5-11)28-16-9-6-12(10-23-16)24-19(27)25-18(26)17-14(21)2-1-3-15(17)22;/h1-10H,(H2,24,25,26,27);1H. The van der Waals surface area contributed by atoms with Crippen molar-refractivity contribution in [3.63, 3.8) is 0 Å². The minimum atomic E-state index is -0.721. The number of rotatable bonds is 4. The van der Waals surface area contributed by atoms with Crippen LogP contribution in [-0.2, 0) is 0 Å². The molecule has 3 amide bonds. The minimum absolute atomic E-state index is 0. The van der Waals surface area contributed by atoms with Crippen molar-refractivity contribution in [3.8, 4) is 0 Å². The number of hydrogen-bond donors (Lipinski definition) is 2. The van der Waals surface area contributed by atoms with Crippen LogP contribution in [-0.4, -0.2) is 16.9 Å². The second kappa shape index (κ2) is 10.7. The highest BCUT2D eigenvalue weighted by Crippen LogP contribution is 2.27. The Bertz CT molecular complexity index is 995. The van der Waals surface area contributed by atoms with E-state index < -0.39 is 11.9 Å². The molecule has 5 nitrogen and oxygen atoms in total. The van der Waals surface area contributed by atoms with E-state index in [1.807, 2.05) is 12.1 Å². The fraction of sp³-hybridized carbons (Fsp3) is 0. The zero-order valence-electron chi connectivity index (χ0n) is 14.5. The van der Waals surface area contributed by atoms with Crippen LogP contribution >= 0.6 is 59.0 Å². The molecule has 0 unspecified atom stereocenters. The number of nitrogens with zero attached hydrogens (tertiary/aromatic N) is 1. The summed E-state index contributed by atoms with van der Waals surface area (Å²) in [5.41, 5.74) is 0.463. The summed E-state index contributed by atoms with van der Waals surface area (Å²) in [4.78, 5) is 29.5. The second-order valence-electron chi connectivity index (χ2n) is 5.45. The van der Waals surface area contributed by atoms with Crippen LogP contribution in [0.25, 0.3) is 0 Å². The van der Waals surface area contributed by atoms with E-state index in [1.165, 1.54) is 30.1 Å². The Morgan fingerprint density at radius 3 is 2.14 bits per heavy atom. The number of imide groups is 1. The first-order chi connectivity index (χ1) is 13.4. The van der Waals surface area contributed by atoms with Crippen LogP contribution in [0.4, 0.5) is 10.5 Å². The molecule has 3 rings (SSSR count). The smallest absolute Gasteiger partial charge is 0.306 e. The van der Waals surface area contributed by atoms with Crippen LogP contribution in [0, 0.1) is 0 Å². The van der Waals surface area contributed by atoms with Gasteiger partial charge in [-0.15, -0.1) is 12.4 Å². The SMILES string of the molecule is Cl.O=C(NC(=O)c1c(Cl)cccc1Cl)Nc1ccc(Sc2ccc(Cl)cc2)nc1. The summed E-state index contributed by atoms with van der Waals surface area (Å²) in [5.74, 6) is -0.698. The number of carbonyl (C=O) groups is 2. The Labute approximate surface area is 192 Å². The van der Waals surface area contributed by atoms with Crippen molar-refractivity contribution in [2.75, 3.05) is 5.32 Å². The first kappa shape index (κ1) is 23.3. The molecular formula is C19H13Cl4N3O2S. The van der Waals surface area contributed by atoms with Crippen molar-refractivity contribution < 1.29 is 9.59 Å². The van der Waals surface area contributed by atoms with Crippen LogP contribution in [0.3, 0.4) is 0 Å². The third kappa shape index (κ3) is 6.52. The number of urea groups is 1. The van der Waals surface area contributed by atoms with Crippen LogP contribution in [0.15, 0.2) is 70.7 Å². The highest BCUT2D eigenvalue weighted by atomic mass is 35.5. The highest BCUT2D eigenvalue weighted by molar-refractivity contribution is 7.99. The molecule has 3 aromatic rings. The Hall–Kier alpha value is -1.96. The van der Waals surface area contributed by atoms with Gasteiger partial charge in [-0.05, 0) is 48.5 Å². The van der Waals surface area contributed by atoms with Gasteiger partial charge in [0, 0.05) is 9.92 Å². The fourth-order valence-electron chi connectivity index (χ4n) is 2.18. The van der Waals surface area contributed by atoms with Gasteiger partial charge in [0.25, 0.3) is 5.91 Å². The van der Waals surface area contributed by atoms with Gasteiger partial charge in [-0.3, -0.25) is 10.1 Å². The molecule has 0 aliphatic carbocycles. The third-order valence-corrected chi connectivity index (χ3v) is 5.29. The molecule has 10 heteroatoms. The van der Waals surface area contributed by atoms with Crippen molar-refractivity contribution in [1.82, 2.24) is 10.3 Å². The summed E-state index contributed by atoms with van der Waals surface area (Å²) in [6.45, 7) is 0. The monoisotopic (exact) mass is 487 g/mol. The van der Waals surface area contributed by atoms with Gasteiger partial charge >= 0.3 is 6.03 Å². The lowest BCUT2D eigenvalue weighted by Crippen LogP contribution is -2.34. The summed E-state index contributed by atoms with van der Waals surface area (Å²) in [6, 6.07) is 14.7. The fourth-order valence-corrected chi connectivity index (χ4v) is 3.63. The number of aromatic nitrogens is 1. The molecule has 0 aliphatic rings. The van der Waals surface area contributed by atoms with E-state index in [9.17, 15) is 9.59 Å². The van der Waals surface area contributed by atoms with Crippen LogP contribution < -0.4 is 10.6 Å². The maximum Gasteiger partial charge on any atom is 0.326 e. The summed E-state index contributed by atoms with van der Waals surface area (Å²) >= 11 is 19.2. The minimum Gasteiger partial charge on any atom is -0.306 e. The topological polar surface area (TPSA) is 71.1 Å². The number of anilines is 1. The van der Waals surface area contributed by atoms with E-state index in [1.54, 1.807) is 30.3 Å². The molecule has 0 saturated heterocycles. The number of halogens is 4. The van der Waals surface area contributed by atoms with Crippen molar-refractivity contribution >= 4 is 76.6 Å². The number of carbonyl (C=O) groups excluding carboxylic acids is 2. The quantitative estimate of drug-likeness (QED) is 0.435. The summed E-state index contributed by atoms with van der Waals surface area (Å²) in [6.07, 6.45) is 1.49.